The summed E-state index contributed by atoms with van der Waals surface area (Å²) >= 11 is 0. The smallest absolute Gasteiger partial charge is 0.224 e. The summed E-state index contributed by atoms with van der Waals surface area (Å²) in [5.74, 6) is -0.0572. The van der Waals surface area contributed by atoms with Crippen molar-refractivity contribution in [2.45, 2.75) is 39.8 Å². The molecule has 1 aliphatic heterocycles. The highest BCUT2D eigenvalue weighted by Gasteiger charge is 2.22. The molecule has 1 fully saturated rings. The third-order valence-electron chi connectivity index (χ3n) is 4.25. The Bertz CT molecular complexity index is 275. The zero-order valence-electron chi connectivity index (χ0n) is 12.9. The van der Waals surface area contributed by atoms with Gasteiger partial charge in [-0.1, -0.05) is 13.8 Å². The molecular formula is C14H30N4O. The summed E-state index contributed by atoms with van der Waals surface area (Å²) in [5.41, 5.74) is 5.74. The lowest BCUT2D eigenvalue weighted by Crippen LogP contribution is -2.52. The van der Waals surface area contributed by atoms with Crippen LogP contribution in [0.25, 0.3) is 0 Å². The first-order chi connectivity index (χ1) is 8.95. The van der Waals surface area contributed by atoms with Gasteiger partial charge in [-0.05, 0) is 20.4 Å². The number of hydrogen-bond acceptors (Lipinski definition) is 4. The summed E-state index contributed by atoms with van der Waals surface area (Å²) in [6.07, 6.45) is 0. The molecule has 1 rings (SSSR count). The van der Waals surface area contributed by atoms with Gasteiger partial charge in [-0.15, -0.1) is 0 Å². The molecule has 112 valence electrons. The van der Waals surface area contributed by atoms with E-state index in [9.17, 15) is 4.79 Å². The van der Waals surface area contributed by atoms with Crippen LogP contribution in [-0.4, -0.2) is 67.1 Å². The van der Waals surface area contributed by atoms with Gasteiger partial charge in [0.2, 0.25) is 5.91 Å². The lowest BCUT2D eigenvalue weighted by atomic mass is 10.0. The summed E-state index contributed by atoms with van der Waals surface area (Å²) < 4.78 is 0. The van der Waals surface area contributed by atoms with Crippen LogP contribution in [0.4, 0.5) is 0 Å². The first kappa shape index (κ1) is 16.4. The van der Waals surface area contributed by atoms with Crippen molar-refractivity contribution in [3.63, 3.8) is 0 Å². The fourth-order valence-electron chi connectivity index (χ4n) is 2.30. The number of piperazine rings is 1. The molecule has 0 spiro atoms. The zero-order valence-corrected chi connectivity index (χ0v) is 12.9. The van der Waals surface area contributed by atoms with Crippen molar-refractivity contribution in [2.24, 2.45) is 11.7 Å². The molecule has 5 heteroatoms. The molecule has 0 aromatic heterocycles. The largest absolute Gasteiger partial charge is 0.354 e. The van der Waals surface area contributed by atoms with Gasteiger partial charge < -0.3 is 16.0 Å². The molecule has 1 aliphatic rings. The maximum atomic E-state index is 11.9. The minimum atomic E-state index is -0.121. The quantitative estimate of drug-likeness (QED) is 0.719. The van der Waals surface area contributed by atoms with E-state index >= 15 is 0 Å². The maximum absolute atomic E-state index is 11.9. The Kier molecular flexibility index (Phi) is 6.75. The van der Waals surface area contributed by atoms with Crippen LogP contribution in [0.15, 0.2) is 0 Å². The molecule has 1 heterocycles. The van der Waals surface area contributed by atoms with Crippen LogP contribution in [0.1, 0.15) is 27.7 Å². The molecule has 5 nitrogen and oxygen atoms in total. The van der Waals surface area contributed by atoms with E-state index in [-0.39, 0.29) is 17.9 Å². The molecular weight excluding hydrogens is 240 g/mol. The lowest BCUT2D eigenvalue weighted by molar-refractivity contribution is -0.125. The van der Waals surface area contributed by atoms with Crippen LogP contribution in [0.2, 0.25) is 0 Å². The van der Waals surface area contributed by atoms with Crippen molar-refractivity contribution in [2.75, 3.05) is 39.3 Å². The van der Waals surface area contributed by atoms with Crippen LogP contribution >= 0.6 is 0 Å². The van der Waals surface area contributed by atoms with Crippen molar-refractivity contribution >= 4 is 5.91 Å². The molecule has 0 saturated carbocycles. The third-order valence-corrected chi connectivity index (χ3v) is 4.25. The first-order valence-corrected chi connectivity index (χ1v) is 7.45. The molecule has 3 N–H and O–H groups in total. The predicted octanol–water partition coefficient (Wildman–Crippen LogP) is 0.112. The number of nitrogens with zero attached hydrogens (tertiary/aromatic N) is 2. The van der Waals surface area contributed by atoms with Gasteiger partial charge in [-0.25, -0.2) is 0 Å². The Balaban J connectivity index is 2.28. The standard InChI is InChI=1S/C14H30N4O/c1-5-17-6-8-18(9-7-17)11(2)10-16-14(19)12(3)13(4)15/h11-13H,5-10,15H2,1-4H3,(H,16,19). The second-order valence-electron chi connectivity index (χ2n) is 5.71. The lowest BCUT2D eigenvalue weighted by Gasteiger charge is -2.37. The summed E-state index contributed by atoms with van der Waals surface area (Å²) in [7, 11) is 0. The molecule has 3 unspecified atom stereocenters. The number of rotatable bonds is 6. The Hall–Kier alpha value is -0.650. The van der Waals surface area contributed by atoms with Gasteiger partial charge in [-0.3, -0.25) is 9.69 Å². The second kappa shape index (κ2) is 7.82. The summed E-state index contributed by atoms with van der Waals surface area (Å²) in [5, 5.41) is 3.01. The van der Waals surface area contributed by atoms with Gasteiger partial charge in [0.1, 0.15) is 0 Å². The van der Waals surface area contributed by atoms with E-state index in [0.29, 0.717) is 12.6 Å². The molecule has 0 aromatic carbocycles. The average Bonchev–Trinajstić information content (AvgIpc) is 2.43. The van der Waals surface area contributed by atoms with E-state index in [1.165, 1.54) is 0 Å². The normalized spacial score (nSPS) is 22.8. The molecule has 0 bridgehead atoms. The van der Waals surface area contributed by atoms with E-state index in [1.54, 1.807) is 0 Å². The highest BCUT2D eigenvalue weighted by molar-refractivity contribution is 5.78. The molecule has 3 atom stereocenters. The van der Waals surface area contributed by atoms with Crippen LogP contribution in [-0.2, 0) is 4.79 Å². The summed E-state index contributed by atoms with van der Waals surface area (Å²) in [4.78, 5) is 16.8. The number of hydrogen-bond donors (Lipinski definition) is 2. The van der Waals surface area contributed by atoms with Crippen molar-refractivity contribution < 1.29 is 4.79 Å². The number of carbonyl (C=O) groups is 1. The van der Waals surface area contributed by atoms with Crippen LogP contribution in [0.3, 0.4) is 0 Å². The molecule has 0 radical (unpaired) electrons. The van der Waals surface area contributed by atoms with Gasteiger partial charge in [0.05, 0.1) is 0 Å². The number of amides is 1. The Morgan fingerprint density at radius 2 is 1.79 bits per heavy atom. The van der Waals surface area contributed by atoms with Crippen molar-refractivity contribution in [1.29, 1.82) is 0 Å². The van der Waals surface area contributed by atoms with E-state index in [4.69, 9.17) is 5.73 Å². The molecule has 1 saturated heterocycles. The number of nitrogens with two attached hydrogens (primary N) is 1. The molecule has 0 aromatic rings. The van der Waals surface area contributed by atoms with Crippen LogP contribution in [0, 0.1) is 5.92 Å². The average molecular weight is 270 g/mol. The van der Waals surface area contributed by atoms with Gasteiger partial charge in [-0.2, -0.15) is 0 Å². The second-order valence-corrected chi connectivity index (χ2v) is 5.71. The van der Waals surface area contributed by atoms with Gasteiger partial charge >= 0.3 is 0 Å². The Morgan fingerprint density at radius 3 is 2.26 bits per heavy atom. The summed E-state index contributed by atoms with van der Waals surface area (Å²) in [6.45, 7) is 14.4. The number of carbonyl (C=O) groups excluding carboxylic acids is 1. The van der Waals surface area contributed by atoms with Gasteiger partial charge in [0, 0.05) is 50.7 Å². The third kappa shape index (κ3) is 5.09. The fourth-order valence-corrected chi connectivity index (χ4v) is 2.30. The monoisotopic (exact) mass is 270 g/mol. The van der Waals surface area contributed by atoms with Crippen molar-refractivity contribution in [3.05, 3.63) is 0 Å². The highest BCUT2D eigenvalue weighted by atomic mass is 16.1. The summed E-state index contributed by atoms with van der Waals surface area (Å²) in [6, 6.07) is 0.298. The van der Waals surface area contributed by atoms with Crippen molar-refractivity contribution in [1.82, 2.24) is 15.1 Å². The molecule has 19 heavy (non-hydrogen) atoms. The predicted molar refractivity (Wildman–Crippen MR) is 79.0 cm³/mol. The zero-order chi connectivity index (χ0) is 14.4. The minimum absolute atomic E-state index is 0.0639. The van der Waals surface area contributed by atoms with E-state index < -0.39 is 0 Å². The molecule has 1 amide bonds. The minimum Gasteiger partial charge on any atom is -0.354 e. The fraction of sp³-hybridized carbons (Fsp3) is 0.929. The van der Waals surface area contributed by atoms with Gasteiger partial charge in [0.25, 0.3) is 0 Å². The Labute approximate surface area is 117 Å². The number of nitrogens with one attached hydrogen (secondary N) is 1. The first-order valence-electron chi connectivity index (χ1n) is 7.45. The van der Waals surface area contributed by atoms with E-state index in [1.807, 2.05) is 13.8 Å². The van der Waals surface area contributed by atoms with Crippen LogP contribution in [0.5, 0.6) is 0 Å². The van der Waals surface area contributed by atoms with Crippen LogP contribution < -0.4 is 11.1 Å². The highest BCUT2D eigenvalue weighted by Crippen LogP contribution is 2.06. The number of likely N-dealkylation sites (N-methyl/N-ethyl adjacent to an activating group) is 1. The SMILES string of the molecule is CCN1CCN(C(C)CNC(=O)C(C)C(C)N)CC1. The maximum Gasteiger partial charge on any atom is 0.224 e. The van der Waals surface area contributed by atoms with Gasteiger partial charge in [0.15, 0.2) is 0 Å². The van der Waals surface area contributed by atoms with Crippen molar-refractivity contribution in [3.8, 4) is 0 Å². The van der Waals surface area contributed by atoms with E-state index in [0.717, 1.165) is 32.7 Å². The Morgan fingerprint density at radius 1 is 1.21 bits per heavy atom. The molecule has 0 aliphatic carbocycles. The topological polar surface area (TPSA) is 61.6 Å². The van der Waals surface area contributed by atoms with E-state index in [2.05, 4.69) is 29.0 Å².